The van der Waals surface area contributed by atoms with Gasteiger partial charge >= 0.3 is 0 Å². The van der Waals surface area contributed by atoms with Crippen LogP contribution in [-0.2, 0) is 7.05 Å². The molecular weight excluding hydrogens is 362 g/mol. The maximum Gasteiger partial charge on any atom is 0.297 e. The average molecular weight is 382 g/mol. The maximum atomic E-state index is 12.9. The lowest BCUT2D eigenvalue weighted by Crippen LogP contribution is -2.19. The molecule has 0 aliphatic rings. The minimum absolute atomic E-state index is 0.187. The number of aromatic nitrogens is 2. The fraction of sp³-hybridized carbons (Fsp3) is 0.143. The van der Waals surface area contributed by atoms with Gasteiger partial charge in [0.05, 0.1) is 11.4 Å². The predicted molar refractivity (Wildman–Crippen MR) is 110 cm³/mol. The smallest absolute Gasteiger partial charge is 0.297 e. The molecule has 0 saturated carbocycles. The van der Waals surface area contributed by atoms with Crippen molar-refractivity contribution < 1.29 is 4.74 Å². The molecule has 3 rings (SSSR count). The molecule has 5 nitrogen and oxygen atoms in total. The molecule has 0 spiro atoms. The largest absolute Gasteiger partial charge is 0.489 e. The van der Waals surface area contributed by atoms with Gasteiger partial charge < -0.3 is 4.74 Å². The van der Waals surface area contributed by atoms with E-state index in [1.165, 1.54) is 0 Å². The number of aliphatic imine (C=N–C) groups is 1. The molecule has 0 aliphatic carbocycles. The highest BCUT2D eigenvalue weighted by atomic mass is 35.5. The van der Waals surface area contributed by atoms with E-state index in [-0.39, 0.29) is 5.56 Å². The molecule has 6 heteroatoms. The van der Waals surface area contributed by atoms with E-state index in [0.717, 1.165) is 11.4 Å². The van der Waals surface area contributed by atoms with Crippen molar-refractivity contribution in [2.24, 2.45) is 12.0 Å². The Labute approximate surface area is 162 Å². The summed E-state index contributed by atoms with van der Waals surface area (Å²) in [7, 11) is 1.83. The number of nitrogens with zero attached hydrogens (tertiary/aromatic N) is 3. The lowest BCUT2D eigenvalue weighted by molar-refractivity contribution is 0.363. The summed E-state index contributed by atoms with van der Waals surface area (Å²) in [6, 6.07) is 14.7. The van der Waals surface area contributed by atoms with Gasteiger partial charge in [-0.25, -0.2) is 9.67 Å². The van der Waals surface area contributed by atoms with Gasteiger partial charge in [0.15, 0.2) is 5.69 Å². The minimum Gasteiger partial charge on any atom is -0.489 e. The first-order valence-electron chi connectivity index (χ1n) is 8.44. The molecule has 1 aromatic heterocycles. The zero-order valence-corrected chi connectivity index (χ0v) is 16.0. The Morgan fingerprint density at radius 2 is 1.96 bits per heavy atom. The van der Waals surface area contributed by atoms with Gasteiger partial charge in [-0.1, -0.05) is 42.5 Å². The third-order valence-corrected chi connectivity index (χ3v) is 4.42. The summed E-state index contributed by atoms with van der Waals surface area (Å²) in [4.78, 5) is 17.4. The van der Waals surface area contributed by atoms with Crippen LogP contribution >= 0.6 is 11.6 Å². The van der Waals surface area contributed by atoms with Crippen LogP contribution in [0.5, 0.6) is 5.75 Å². The highest BCUT2D eigenvalue weighted by Gasteiger charge is 2.15. The molecule has 0 unspecified atom stereocenters. The van der Waals surface area contributed by atoms with Crippen LogP contribution in [0.4, 0.5) is 5.69 Å². The van der Waals surface area contributed by atoms with Crippen molar-refractivity contribution in [2.45, 2.75) is 6.92 Å². The van der Waals surface area contributed by atoms with Crippen LogP contribution < -0.4 is 10.3 Å². The first-order valence-corrected chi connectivity index (χ1v) is 8.82. The predicted octanol–water partition coefficient (Wildman–Crippen LogP) is 4.45. The number of rotatable bonds is 6. The van der Waals surface area contributed by atoms with E-state index in [2.05, 4.69) is 11.6 Å². The second-order valence-electron chi connectivity index (χ2n) is 5.95. The monoisotopic (exact) mass is 381 g/mol. The summed E-state index contributed by atoms with van der Waals surface area (Å²) in [5.74, 6) is 0.625. The van der Waals surface area contributed by atoms with E-state index in [4.69, 9.17) is 16.3 Å². The van der Waals surface area contributed by atoms with Crippen LogP contribution in [0.1, 0.15) is 11.3 Å². The van der Waals surface area contributed by atoms with Gasteiger partial charge in [0.2, 0.25) is 0 Å². The van der Waals surface area contributed by atoms with Crippen molar-refractivity contribution in [3.05, 3.63) is 87.8 Å². The Bertz CT molecular complexity index is 1050. The average Bonchev–Trinajstić information content (AvgIpc) is 2.89. The Balaban J connectivity index is 2.03. The summed E-state index contributed by atoms with van der Waals surface area (Å²) >= 11 is 6.10. The second-order valence-corrected chi connectivity index (χ2v) is 6.39. The van der Waals surface area contributed by atoms with E-state index in [9.17, 15) is 4.79 Å². The summed E-state index contributed by atoms with van der Waals surface area (Å²) in [5.41, 5.74) is 2.42. The van der Waals surface area contributed by atoms with Crippen LogP contribution in [0.3, 0.4) is 0 Å². The third-order valence-electron chi connectivity index (χ3n) is 4.19. The van der Waals surface area contributed by atoms with E-state index in [1.54, 1.807) is 39.9 Å². The highest BCUT2D eigenvalue weighted by Crippen LogP contribution is 2.23. The van der Waals surface area contributed by atoms with Gasteiger partial charge in [0.25, 0.3) is 5.56 Å². The standard InChI is InChI=1S/C21H20ClN3O2/c1-4-12-27-19-11-10-17(22)13-16(19)14-23-20-15(2)24(3)25(21(20)26)18-8-6-5-7-9-18/h4-11,13-14H,1,12H2,2-3H3. The van der Waals surface area contributed by atoms with E-state index >= 15 is 0 Å². The van der Waals surface area contributed by atoms with Crippen LogP contribution in [0.25, 0.3) is 5.69 Å². The van der Waals surface area contributed by atoms with Crippen molar-refractivity contribution >= 4 is 23.5 Å². The minimum atomic E-state index is -0.187. The molecule has 0 amide bonds. The van der Waals surface area contributed by atoms with Crippen molar-refractivity contribution in [3.8, 4) is 11.4 Å². The Morgan fingerprint density at radius 3 is 2.67 bits per heavy atom. The fourth-order valence-corrected chi connectivity index (χ4v) is 2.92. The normalized spacial score (nSPS) is 11.1. The lowest BCUT2D eigenvalue weighted by atomic mass is 10.2. The molecule has 0 atom stereocenters. The SMILES string of the molecule is C=CCOc1ccc(Cl)cc1C=Nc1c(C)n(C)n(-c2ccccc2)c1=O. The fourth-order valence-electron chi connectivity index (χ4n) is 2.74. The summed E-state index contributed by atoms with van der Waals surface area (Å²) < 4.78 is 9.01. The molecule has 0 aliphatic heterocycles. The maximum absolute atomic E-state index is 12.9. The van der Waals surface area contributed by atoms with E-state index in [0.29, 0.717) is 28.6 Å². The molecule has 0 N–H and O–H groups in total. The van der Waals surface area contributed by atoms with Gasteiger partial charge in [-0.15, -0.1) is 0 Å². The van der Waals surface area contributed by atoms with Crippen molar-refractivity contribution in [2.75, 3.05) is 6.61 Å². The first kappa shape index (κ1) is 18.7. The molecule has 27 heavy (non-hydrogen) atoms. The van der Waals surface area contributed by atoms with Crippen molar-refractivity contribution in [3.63, 3.8) is 0 Å². The molecule has 0 radical (unpaired) electrons. The summed E-state index contributed by atoms with van der Waals surface area (Å²) in [6.45, 7) is 5.88. The Morgan fingerprint density at radius 1 is 1.22 bits per heavy atom. The van der Waals surface area contributed by atoms with Crippen LogP contribution in [0.2, 0.25) is 5.02 Å². The van der Waals surface area contributed by atoms with Crippen molar-refractivity contribution in [1.82, 2.24) is 9.36 Å². The number of halogens is 1. The molecule has 3 aromatic rings. The molecular formula is C21H20ClN3O2. The van der Waals surface area contributed by atoms with Gasteiger partial charge in [-0.2, -0.15) is 0 Å². The molecule has 0 bridgehead atoms. The van der Waals surface area contributed by atoms with Gasteiger partial charge in [-0.05, 0) is 37.3 Å². The van der Waals surface area contributed by atoms with Crippen molar-refractivity contribution in [1.29, 1.82) is 0 Å². The lowest BCUT2D eigenvalue weighted by Gasteiger charge is -2.07. The van der Waals surface area contributed by atoms with Crippen LogP contribution in [-0.4, -0.2) is 22.2 Å². The topological polar surface area (TPSA) is 48.5 Å². The molecule has 138 valence electrons. The zero-order chi connectivity index (χ0) is 19.4. The van der Waals surface area contributed by atoms with Gasteiger partial charge in [0.1, 0.15) is 12.4 Å². The number of para-hydroxylation sites is 1. The Hall–Kier alpha value is -3.05. The number of ether oxygens (including phenoxy) is 1. The first-order chi connectivity index (χ1) is 13.0. The van der Waals surface area contributed by atoms with Crippen LogP contribution in [0, 0.1) is 6.92 Å². The molecule has 0 fully saturated rings. The molecule has 2 aromatic carbocycles. The highest BCUT2D eigenvalue weighted by molar-refractivity contribution is 6.30. The van der Waals surface area contributed by atoms with Gasteiger partial charge in [-0.3, -0.25) is 9.48 Å². The van der Waals surface area contributed by atoms with E-state index < -0.39 is 0 Å². The summed E-state index contributed by atoms with van der Waals surface area (Å²) in [6.07, 6.45) is 3.26. The summed E-state index contributed by atoms with van der Waals surface area (Å²) in [5, 5.41) is 0.564. The zero-order valence-electron chi connectivity index (χ0n) is 15.2. The van der Waals surface area contributed by atoms with E-state index in [1.807, 2.05) is 44.3 Å². The molecule has 0 saturated heterocycles. The quantitative estimate of drug-likeness (QED) is 0.467. The van der Waals surface area contributed by atoms with Gasteiger partial charge in [0, 0.05) is 23.8 Å². The Kier molecular flexibility index (Phi) is 5.62. The van der Waals surface area contributed by atoms with Crippen LogP contribution in [0.15, 0.2) is 71.0 Å². The number of hydrogen-bond acceptors (Lipinski definition) is 3. The molecule has 1 heterocycles. The number of hydrogen-bond donors (Lipinski definition) is 0. The number of benzene rings is 2. The second kappa shape index (κ2) is 8.10. The third kappa shape index (κ3) is 3.88.